The fraction of sp³-hybridized carbons (Fsp3) is 0.389. The maximum absolute atomic E-state index is 12.6. The van der Waals surface area contributed by atoms with Crippen molar-refractivity contribution in [3.05, 3.63) is 42.1 Å². The Hall–Kier alpha value is -2.46. The summed E-state index contributed by atoms with van der Waals surface area (Å²) in [6, 6.07) is 7.49. The molecule has 7 nitrogen and oxygen atoms in total. The van der Waals surface area contributed by atoms with Gasteiger partial charge in [0.05, 0.1) is 7.11 Å². The summed E-state index contributed by atoms with van der Waals surface area (Å²) >= 11 is 0. The molecule has 0 aliphatic heterocycles. The number of halogens is 2. The van der Waals surface area contributed by atoms with Crippen LogP contribution in [-0.2, 0) is 16.6 Å². The molecule has 28 heavy (non-hydrogen) atoms. The van der Waals surface area contributed by atoms with Gasteiger partial charge in [0, 0.05) is 29.9 Å². The molecule has 0 spiro atoms. The van der Waals surface area contributed by atoms with Gasteiger partial charge in [0.25, 0.3) is 0 Å². The molecule has 0 aliphatic rings. The Morgan fingerprint density at radius 2 is 1.89 bits per heavy atom. The third-order valence-corrected chi connectivity index (χ3v) is 5.18. The third kappa shape index (κ3) is 6.31. The van der Waals surface area contributed by atoms with Crippen molar-refractivity contribution in [3.8, 4) is 11.5 Å². The number of nitrogens with one attached hydrogen (secondary N) is 2. The predicted molar refractivity (Wildman–Crippen MR) is 101 cm³/mol. The fourth-order valence-corrected chi connectivity index (χ4v) is 3.67. The Morgan fingerprint density at radius 3 is 2.43 bits per heavy atom. The largest absolute Gasteiger partial charge is 0.497 e. The van der Waals surface area contributed by atoms with E-state index in [1.54, 1.807) is 32.9 Å². The SMILES string of the molecule is COc1ccc(CNc2ccc(S(=O)(=O)NC(C)(C)C)cn2)c(OC(F)F)c1. The molecular formula is C18H23F2N3O4S. The number of aromatic nitrogens is 1. The Balaban J connectivity index is 2.11. The molecule has 1 aromatic carbocycles. The van der Waals surface area contributed by atoms with Crippen molar-refractivity contribution in [1.82, 2.24) is 9.71 Å². The Kier molecular flexibility index (Phi) is 6.78. The van der Waals surface area contributed by atoms with Gasteiger partial charge in [-0.3, -0.25) is 0 Å². The number of hydrogen-bond donors (Lipinski definition) is 2. The average Bonchev–Trinajstić information content (AvgIpc) is 2.58. The lowest BCUT2D eigenvalue weighted by Gasteiger charge is -2.20. The number of nitrogens with zero attached hydrogens (tertiary/aromatic N) is 1. The summed E-state index contributed by atoms with van der Waals surface area (Å²) in [7, 11) is -2.26. The average molecular weight is 415 g/mol. The summed E-state index contributed by atoms with van der Waals surface area (Å²) in [4.78, 5) is 4.10. The molecule has 0 aliphatic carbocycles. The standard InChI is InChI=1S/C18H23F2N3O4S/c1-18(2,3)23-28(24,25)14-7-8-16(22-11-14)21-10-12-5-6-13(26-4)9-15(12)27-17(19)20/h5-9,11,17,23H,10H2,1-4H3,(H,21,22). The number of hydrogen-bond acceptors (Lipinski definition) is 6. The molecule has 0 fully saturated rings. The van der Waals surface area contributed by atoms with Gasteiger partial charge in [-0.1, -0.05) is 0 Å². The molecule has 0 saturated carbocycles. The minimum Gasteiger partial charge on any atom is -0.497 e. The summed E-state index contributed by atoms with van der Waals surface area (Å²) in [5.74, 6) is 0.752. The maximum atomic E-state index is 12.6. The molecule has 2 aromatic rings. The highest BCUT2D eigenvalue weighted by molar-refractivity contribution is 7.89. The molecule has 0 radical (unpaired) electrons. The molecular weight excluding hydrogens is 392 g/mol. The van der Waals surface area contributed by atoms with Crippen LogP contribution in [0.25, 0.3) is 0 Å². The summed E-state index contributed by atoms with van der Waals surface area (Å²) in [6.07, 6.45) is 1.22. The van der Waals surface area contributed by atoms with E-state index in [0.29, 0.717) is 17.1 Å². The van der Waals surface area contributed by atoms with Crippen molar-refractivity contribution >= 4 is 15.8 Å². The van der Waals surface area contributed by atoms with Crippen LogP contribution >= 0.6 is 0 Å². The smallest absolute Gasteiger partial charge is 0.387 e. The van der Waals surface area contributed by atoms with Crippen molar-refractivity contribution in [1.29, 1.82) is 0 Å². The summed E-state index contributed by atoms with van der Waals surface area (Å²) < 4.78 is 61.9. The summed E-state index contributed by atoms with van der Waals surface area (Å²) in [5, 5.41) is 2.95. The number of sulfonamides is 1. The highest BCUT2D eigenvalue weighted by atomic mass is 32.2. The lowest BCUT2D eigenvalue weighted by molar-refractivity contribution is -0.0504. The van der Waals surface area contributed by atoms with Crippen molar-refractivity contribution in [2.45, 2.75) is 44.4 Å². The normalized spacial score (nSPS) is 12.1. The second-order valence-electron chi connectivity index (χ2n) is 6.94. The minimum atomic E-state index is -3.69. The first-order valence-electron chi connectivity index (χ1n) is 8.36. The van der Waals surface area contributed by atoms with E-state index in [0.717, 1.165) is 0 Å². The molecule has 0 bridgehead atoms. The van der Waals surface area contributed by atoms with E-state index < -0.39 is 22.2 Å². The fourth-order valence-electron chi connectivity index (χ4n) is 2.31. The van der Waals surface area contributed by atoms with Crippen molar-refractivity contribution in [2.24, 2.45) is 0 Å². The monoisotopic (exact) mass is 415 g/mol. The number of rotatable bonds is 8. The van der Waals surface area contributed by atoms with Gasteiger partial charge < -0.3 is 14.8 Å². The lowest BCUT2D eigenvalue weighted by atomic mass is 10.1. The molecule has 0 amide bonds. The molecule has 1 heterocycles. The van der Waals surface area contributed by atoms with Crippen molar-refractivity contribution < 1.29 is 26.7 Å². The quantitative estimate of drug-likeness (QED) is 0.687. The number of methoxy groups -OCH3 is 1. The number of ether oxygens (including phenoxy) is 2. The second kappa shape index (κ2) is 8.70. The highest BCUT2D eigenvalue weighted by Gasteiger charge is 2.22. The van der Waals surface area contributed by atoms with E-state index in [4.69, 9.17) is 4.74 Å². The van der Waals surface area contributed by atoms with E-state index >= 15 is 0 Å². The van der Waals surface area contributed by atoms with Crippen LogP contribution in [0.15, 0.2) is 41.4 Å². The van der Waals surface area contributed by atoms with E-state index in [2.05, 4.69) is 19.8 Å². The molecule has 2 N–H and O–H groups in total. The van der Waals surface area contributed by atoms with E-state index in [-0.39, 0.29) is 17.2 Å². The zero-order chi connectivity index (χ0) is 20.9. The third-order valence-electron chi connectivity index (χ3n) is 3.44. The van der Waals surface area contributed by atoms with Crippen LogP contribution in [0, 0.1) is 0 Å². The topological polar surface area (TPSA) is 89.5 Å². The second-order valence-corrected chi connectivity index (χ2v) is 8.62. The van der Waals surface area contributed by atoms with Gasteiger partial charge in [0.15, 0.2) is 0 Å². The number of alkyl halides is 2. The van der Waals surface area contributed by atoms with E-state index in [1.165, 1.54) is 31.5 Å². The van der Waals surface area contributed by atoms with Crippen LogP contribution < -0.4 is 19.5 Å². The van der Waals surface area contributed by atoms with Crippen LogP contribution in [0.3, 0.4) is 0 Å². The first-order valence-corrected chi connectivity index (χ1v) is 9.84. The maximum Gasteiger partial charge on any atom is 0.387 e. The van der Waals surface area contributed by atoms with E-state index in [1.807, 2.05) is 0 Å². The van der Waals surface area contributed by atoms with Crippen molar-refractivity contribution in [2.75, 3.05) is 12.4 Å². The zero-order valence-corrected chi connectivity index (χ0v) is 16.8. The number of benzene rings is 1. The van der Waals surface area contributed by atoms with Gasteiger partial charge in [-0.2, -0.15) is 8.78 Å². The predicted octanol–water partition coefficient (Wildman–Crippen LogP) is 3.38. The van der Waals surface area contributed by atoms with Crippen molar-refractivity contribution in [3.63, 3.8) is 0 Å². The van der Waals surface area contributed by atoms with Crippen LogP contribution in [0.2, 0.25) is 0 Å². The molecule has 0 atom stereocenters. The van der Waals surface area contributed by atoms with Gasteiger partial charge in [-0.25, -0.2) is 18.1 Å². The molecule has 0 unspecified atom stereocenters. The van der Waals surface area contributed by atoms with E-state index in [9.17, 15) is 17.2 Å². The van der Waals surface area contributed by atoms with Gasteiger partial charge in [0.1, 0.15) is 22.2 Å². The molecule has 154 valence electrons. The van der Waals surface area contributed by atoms with Gasteiger partial charge >= 0.3 is 6.61 Å². The molecule has 10 heteroatoms. The summed E-state index contributed by atoms with van der Waals surface area (Å²) in [5.41, 5.74) is -0.153. The van der Waals surface area contributed by atoms with Crippen LogP contribution in [0.1, 0.15) is 26.3 Å². The first kappa shape index (κ1) is 21.8. The number of pyridine rings is 1. The van der Waals surface area contributed by atoms with Gasteiger partial charge in [-0.05, 0) is 45.0 Å². The Morgan fingerprint density at radius 1 is 1.18 bits per heavy atom. The van der Waals surface area contributed by atoms with Crippen LogP contribution in [-0.4, -0.2) is 32.7 Å². The zero-order valence-electron chi connectivity index (χ0n) is 16.0. The molecule has 0 saturated heterocycles. The first-order chi connectivity index (χ1) is 13.0. The Bertz CT molecular complexity index is 898. The summed E-state index contributed by atoms with van der Waals surface area (Å²) in [6.45, 7) is 2.39. The van der Waals surface area contributed by atoms with Gasteiger partial charge in [-0.15, -0.1) is 0 Å². The van der Waals surface area contributed by atoms with Crippen LogP contribution in [0.4, 0.5) is 14.6 Å². The molecule has 2 rings (SSSR count). The Labute approximate surface area is 163 Å². The number of anilines is 1. The minimum absolute atomic E-state index is 0.0181. The lowest BCUT2D eigenvalue weighted by Crippen LogP contribution is -2.40. The highest BCUT2D eigenvalue weighted by Crippen LogP contribution is 2.27. The molecule has 1 aromatic heterocycles. The van der Waals surface area contributed by atoms with Crippen LogP contribution in [0.5, 0.6) is 11.5 Å². The van der Waals surface area contributed by atoms with Gasteiger partial charge in [0.2, 0.25) is 10.0 Å².